The van der Waals surface area contributed by atoms with Gasteiger partial charge in [0.1, 0.15) is 18.2 Å². The zero-order chi connectivity index (χ0) is 18.1. The summed E-state index contributed by atoms with van der Waals surface area (Å²) in [5.74, 6) is 0.992. The number of hydrogen-bond donors (Lipinski definition) is 0. The van der Waals surface area contributed by atoms with E-state index < -0.39 is 5.97 Å². The van der Waals surface area contributed by atoms with Gasteiger partial charge in [0, 0.05) is 18.5 Å². The number of para-hydroxylation sites is 1. The van der Waals surface area contributed by atoms with E-state index in [9.17, 15) is 9.59 Å². The Morgan fingerprint density at radius 3 is 2.92 bits per heavy atom. The Hall–Kier alpha value is -3.15. The summed E-state index contributed by atoms with van der Waals surface area (Å²) in [6.07, 6.45) is 1.71. The van der Waals surface area contributed by atoms with Gasteiger partial charge in [-0.15, -0.1) is 0 Å². The lowest BCUT2D eigenvalue weighted by Crippen LogP contribution is -2.21. The predicted octanol–water partition coefficient (Wildman–Crippen LogP) is 2.71. The topological polar surface area (TPSA) is 70.4 Å². The molecular formula is C20H18N2O4. The maximum absolute atomic E-state index is 12.5. The number of aryl methyl sites for hydroxylation is 1. The van der Waals surface area contributed by atoms with Crippen LogP contribution in [0.3, 0.4) is 0 Å². The van der Waals surface area contributed by atoms with Crippen LogP contribution in [0.25, 0.3) is 10.9 Å². The molecule has 0 saturated carbocycles. The summed E-state index contributed by atoms with van der Waals surface area (Å²) in [4.78, 5) is 29.4. The van der Waals surface area contributed by atoms with Crippen LogP contribution in [0, 0.1) is 0 Å². The van der Waals surface area contributed by atoms with Gasteiger partial charge in [-0.25, -0.2) is 9.78 Å². The van der Waals surface area contributed by atoms with E-state index in [4.69, 9.17) is 9.47 Å². The molecule has 0 unspecified atom stereocenters. The lowest BCUT2D eigenvalue weighted by molar-refractivity contribution is 0.0470. The summed E-state index contributed by atoms with van der Waals surface area (Å²) in [6, 6.07) is 12.3. The van der Waals surface area contributed by atoms with E-state index in [2.05, 4.69) is 4.98 Å². The predicted molar refractivity (Wildman–Crippen MR) is 96.4 cm³/mol. The first-order chi connectivity index (χ1) is 12.7. The van der Waals surface area contributed by atoms with Gasteiger partial charge in [0.15, 0.2) is 0 Å². The first-order valence-corrected chi connectivity index (χ1v) is 8.50. The number of ether oxygens (including phenoxy) is 2. The lowest BCUT2D eigenvalue weighted by atomic mass is 10.1. The molecule has 132 valence electrons. The molecule has 0 N–H and O–H groups in total. The molecule has 1 aliphatic heterocycles. The molecule has 3 aromatic rings. The second kappa shape index (κ2) is 6.63. The third-order valence-electron chi connectivity index (χ3n) is 4.60. The Morgan fingerprint density at radius 2 is 2.08 bits per heavy atom. The number of fused-ring (bicyclic) bond motifs is 2. The van der Waals surface area contributed by atoms with Gasteiger partial charge in [0.2, 0.25) is 0 Å². The van der Waals surface area contributed by atoms with Gasteiger partial charge in [-0.2, -0.15) is 0 Å². The molecule has 1 aliphatic rings. The number of methoxy groups -OCH3 is 1. The minimum absolute atomic E-state index is 0.0450. The average molecular weight is 350 g/mol. The quantitative estimate of drug-likeness (QED) is 0.677. The Bertz CT molecular complexity index is 1060. The van der Waals surface area contributed by atoms with Gasteiger partial charge >= 0.3 is 5.97 Å². The molecule has 0 amide bonds. The van der Waals surface area contributed by atoms with Crippen LogP contribution in [0.2, 0.25) is 0 Å². The van der Waals surface area contributed by atoms with E-state index in [1.165, 1.54) is 0 Å². The molecule has 0 saturated heterocycles. The second-order valence-electron chi connectivity index (χ2n) is 6.21. The fourth-order valence-electron chi connectivity index (χ4n) is 3.26. The van der Waals surface area contributed by atoms with Gasteiger partial charge in [-0.3, -0.25) is 9.36 Å². The molecule has 6 nitrogen and oxygen atoms in total. The number of hydrogen-bond acceptors (Lipinski definition) is 5. The van der Waals surface area contributed by atoms with Crippen molar-refractivity contribution in [2.45, 2.75) is 26.0 Å². The Balaban J connectivity index is 1.59. The van der Waals surface area contributed by atoms with E-state index in [-0.39, 0.29) is 12.2 Å². The molecule has 6 heteroatoms. The summed E-state index contributed by atoms with van der Waals surface area (Å²) < 4.78 is 12.4. The van der Waals surface area contributed by atoms with Crippen molar-refractivity contribution in [1.29, 1.82) is 0 Å². The van der Waals surface area contributed by atoms with Gasteiger partial charge in [-0.05, 0) is 30.7 Å². The molecule has 2 heterocycles. The molecule has 4 rings (SSSR count). The normalized spacial score (nSPS) is 12.8. The number of nitrogens with zero attached hydrogens (tertiary/aromatic N) is 2. The SMILES string of the molecule is COc1ccccc1COC(=O)c1ccc2c(=O)n3c(nc2c1)CCC3. The van der Waals surface area contributed by atoms with Crippen molar-refractivity contribution in [3.05, 3.63) is 69.8 Å². The Labute approximate surface area is 150 Å². The van der Waals surface area contributed by atoms with Crippen molar-refractivity contribution >= 4 is 16.9 Å². The summed E-state index contributed by atoms with van der Waals surface area (Å²) in [6.45, 7) is 0.820. The molecule has 0 atom stereocenters. The highest BCUT2D eigenvalue weighted by molar-refractivity contribution is 5.94. The van der Waals surface area contributed by atoms with Crippen molar-refractivity contribution in [2.24, 2.45) is 0 Å². The first kappa shape index (κ1) is 16.3. The number of aromatic nitrogens is 2. The van der Waals surface area contributed by atoms with Gasteiger partial charge < -0.3 is 9.47 Å². The van der Waals surface area contributed by atoms with Crippen molar-refractivity contribution in [3.63, 3.8) is 0 Å². The molecule has 1 aromatic heterocycles. The van der Waals surface area contributed by atoms with Crippen LogP contribution in [-0.2, 0) is 24.3 Å². The Morgan fingerprint density at radius 1 is 1.23 bits per heavy atom. The largest absolute Gasteiger partial charge is 0.496 e. The molecule has 26 heavy (non-hydrogen) atoms. The van der Waals surface area contributed by atoms with Crippen molar-refractivity contribution < 1.29 is 14.3 Å². The third kappa shape index (κ3) is 2.83. The van der Waals surface area contributed by atoms with Crippen LogP contribution in [0.5, 0.6) is 5.75 Å². The van der Waals surface area contributed by atoms with Crippen LogP contribution >= 0.6 is 0 Å². The minimum atomic E-state index is -0.458. The molecule has 0 fully saturated rings. The molecule has 0 radical (unpaired) electrons. The highest BCUT2D eigenvalue weighted by Crippen LogP contribution is 2.20. The summed E-state index contributed by atoms with van der Waals surface area (Å²) in [7, 11) is 1.58. The van der Waals surface area contributed by atoms with Gasteiger partial charge in [-0.1, -0.05) is 18.2 Å². The van der Waals surface area contributed by atoms with Crippen LogP contribution in [0.1, 0.15) is 28.2 Å². The maximum Gasteiger partial charge on any atom is 0.338 e. The van der Waals surface area contributed by atoms with E-state index in [1.54, 1.807) is 29.9 Å². The zero-order valence-electron chi connectivity index (χ0n) is 14.4. The fourth-order valence-corrected chi connectivity index (χ4v) is 3.26. The zero-order valence-corrected chi connectivity index (χ0v) is 14.4. The standard InChI is InChI=1S/C20H18N2O4/c1-25-17-6-3-2-5-14(17)12-26-20(24)13-8-9-15-16(11-13)21-18-7-4-10-22(18)19(15)23/h2-3,5-6,8-9,11H,4,7,10,12H2,1H3. The highest BCUT2D eigenvalue weighted by atomic mass is 16.5. The minimum Gasteiger partial charge on any atom is -0.496 e. The van der Waals surface area contributed by atoms with E-state index >= 15 is 0 Å². The smallest absolute Gasteiger partial charge is 0.338 e. The van der Waals surface area contributed by atoms with Gasteiger partial charge in [0.25, 0.3) is 5.56 Å². The summed E-state index contributed by atoms with van der Waals surface area (Å²) >= 11 is 0. The number of carbonyl (C=O) groups excluding carboxylic acids is 1. The second-order valence-corrected chi connectivity index (χ2v) is 6.21. The van der Waals surface area contributed by atoms with Gasteiger partial charge in [0.05, 0.1) is 23.6 Å². The molecule has 0 aliphatic carbocycles. The van der Waals surface area contributed by atoms with E-state index in [0.29, 0.717) is 28.8 Å². The van der Waals surface area contributed by atoms with Crippen LogP contribution in [-0.4, -0.2) is 22.6 Å². The van der Waals surface area contributed by atoms with Crippen LogP contribution in [0.4, 0.5) is 0 Å². The fraction of sp³-hybridized carbons (Fsp3) is 0.250. The highest BCUT2D eigenvalue weighted by Gasteiger charge is 2.17. The summed E-state index contributed by atoms with van der Waals surface area (Å²) in [5, 5.41) is 0.525. The van der Waals surface area contributed by atoms with E-state index in [0.717, 1.165) is 24.2 Å². The maximum atomic E-state index is 12.5. The number of rotatable bonds is 4. The molecule has 0 bridgehead atoms. The molecular weight excluding hydrogens is 332 g/mol. The monoisotopic (exact) mass is 350 g/mol. The van der Waals surface area contributed by atoms with Crippen molar-refractivity contribution in [3.8, 4) is 5.75 Å². The molecule has 2 aromatic carbocycles. The lowest BCUT2D eigenvalue weighted by Gasteiger charge is -2.10. The van der Waals surface area contributed by atoms with Crippen molar-refractivity contribution in [1.82, 2.24) is 9.55 Å². The van der Waals surface area contributed by atoms with E-state index in [1.807, 2.05) is 24.3 Å². The Kier molecular flexibility index (Phi) is 4.16. The first-order valence-electron chi connectivity index (χ1n) is 8.50. The average Bonchev–Trinajstić information content (AvgIpc) is 3.14. The van der Waals surface area contributed by atoms with Crippen LogP contribution < -0.4 is 10.3 Å². The third-order valence-corrected chi connectivity index (χ3v) is 4.60. The summed E-state index contributed by atoms with van der Waals surface area (Å²) in [5.41, 5.74) is 1.66. The number of esters is 1. The molecule has 0 spiro atoms. The van der Waals surface area contributed by atoms with Crippen LogP contribution in [0.15, 0.2) is 47.3 Å². The number of carbonyl (C=O) groups is 1. The number of benzene rings is 2. The van der Waals surface area contributed by atoms with Crippen molar-refractivity contribution in [2.75, 3.05) is 7.11 Å².